The minimum Gasteiger partial charge on any atom is -0.394 e. The lowest BCUT2D eigenvalue weighted by atomic mass is 10.2. The van der Waals surface area contributed by atoms with E-state index in [1.165, 1.54) is 0 Å². The molecule has 1 heterocycles. The van der Waals surface area contributed by atoms with Crippen LogP contribution in [0.2, 0.25) is 10.3 Å². The van der Waals surface area contributed by atoms with Crippen molar-refractivity contribution in [3.8, 4) is 0 Å². The van der Waals surface area contributed by atoms with Crippen molar-refractivity contribution in [2.45, 2.75) is 13.8 Å². The molecule has 0 fully saturated rings. The van der Waals surface area contributed by atoms with E-state index in [-0.39, 0.29) is 5.28 Å². The van der Waals surface area contributed by atoms with Gasteiger partial charge in [0.2, 0.25) is 5.28 Å². The molecule has 0 unspecified atom stereocenters. The molecule has 0 saturated carbocycles. The first kappa shape index (κ1) is 12.9. The van der Waals surface area contributed by atoms with Gasteiger partial charge in [0.05, 0.1) is 22.1 Å². The van der Waals surface area contributed by atoms with Crippen molar-refractivity contribution < 1.29 is 0 Å². The van der Waals surface area contributed by atoms with Gasteiger partial charge in [0, 0.05) is 0 Å². The molecule has 0 atom stereocenters. The number of benzene rings is 1. The van der Waals surface area contributed by atoms with E-state index < -0.39 is 0 Å². The van der Waals surface area contributed by atoms with Crippen LogP contribution < -0.4 is 11.1 Å². The van der Waals surface area contributed by atoms with Gasteiger partial charge in [-0.3, -0.25) is 0 Å². The van der Waals surface area contributed by atoms with E-state index in [0.29, 0.717) is 22.2 Å². The maximum atomic E-state index is 6.20. The fraction of sp³-hybridized carbons (Fsp3) is 0.167. The smallest absolute Gasteiger partial charge is 0.224 e. The lowest BCUT2D eigenvalue weighted by Gasteiger charge is -2.12. The molecule has 1 aromatic carbocycles. The first-order valence-electron chi connectivity index (χ1n) is 5.31. The summed E-state index contributed by atoms with van der Waals surface area (Å²) in [5.74, 6) is 0.458. The number of rotatable bonds is 2. The van der Waals surface area contributed by atoms with E-state index >= 15 is 0 Å². The van der Waals surface area contributed by atoms with Gasteiger partial charge in [0.25, 0.3) is 0 Å². The van der Waals surface area contributed by atoms with Gasteiger partial charge in [-0.25, -0.2) is 4.98 Å². The monoisotopic (exact) mass is 282 g/mol. The minimum atomic E-state index is 0.146. The highest BCUT2D eigenvalue weighted by molar-refractivity contribution is 6.34. The van der Waals surface area contributed by atoms with Crippen LogP contribution in [0.5, 0.6) is 0 Å². The maximum Gasteiger partial charge on any atom is 0.224 e. The van der Waals surface area contributed by atoms with Crippen molar-refractivity contribution in [2.24, 2.45) is 0 Å². The van der Waals surface area contributed by atoms with Gasteiger partial charge >= 0.3 is 0 Å². The fourth-order valence-electron chi connectivity index (χ4n) is 1.51. The molecule has 0 aliphatic carbocycles. The highest BCUT2D eigenvalue weighted by Gasteiger charge is 2.10. The second kappa shape index (κ2) is 5.00. The highest BCUT2D eigenvalue weighted by atomic mass is 35.5. The summed E-state index contributed by atoms with van der Waals surface area (Å²) in [4.78, 5) is 8.03. The minimum absolute atomic E-state index is 0.146. The molecule has 0 amide bonds. The average Bonchev–Trinajstić information content (AvgIpc) is 2.31. The van der Waals surface area contributed by atoms with E-state index in [1.807, 2.05) is 25.1 Å². The number of hydrogen-bond acceptors (Lipinski definition) is 4. The van der Waals surface area contributed by atoms with Crippen molar-refractivity contribution in [3.63, 3.8) is 0 Å². The second-order valence-corrected chi connectivity index (χ2v) is 4.62. The molecule has 2 aromatic rings. The van der Waals surface area contributed by atoms with Crippen LogP contribution in [-0.2, 0) is 0 Å². The van der Waals surface area contributed by atoms with Gasteiger partial charge in [-0.05, 0) is 37.1 Å². The highest BCUT2D eigenvalue weighted by Crippen LogP contribution is 2.30. The Labute approximate surface area is 115 Å². The largest absolute Gasteiger partial charge is 0.394 e. The Morgan fingerprint density at radius 3 is 2.61 bits per heavy atom. The zero-order valence-electron chi connectivity index (χ0n) is 9.96. The van der Waals surface area contributed by atoms with Gasteiger partial charge in [-0.2, -0.15) is 4.98 Å². The molecule has 0 aliphatic heterocycles. The number of anilines is 3. The van der Waals surface area contributed by atoms with Crippen LogP contribution >= 0.6 is 23.2 Å². The summed E-state index contributed by atoms with van der Waals surface area (Å²) < 4.78 is 0. The van der Waals surface area contributed by atoms with Crippen LogP contribution in [0.25, 0.3) is 0 Å². The third-order valence-corrected chi connectivity index (χ3v) is 3.22. The number of nitrogens with one attached hydrogen (secondary N) is 1. The van der Waals surface area contributed by atoms with Crippen LogP contribution in [0.1, 0.15) is 11.3 Å². The van der Waals surface area contributed by atoms with Crippen LogP contribution in [0.4, 0.5) is 17.2 Å². The summed E-state index contributed by atoms with van der Waals surface area (Å²) in [6.07, 6.45) is 0. The van der Waals surface area contributed by atoms with E-state index in [0.717, 1.165) is 11.3 Å². The summed E-state index contributed by atoms with van der Waals surface area (Å²) in [7, 11) is 0. The number of aromatic nitrogens is 2. The predicted molar refractivity (Wildman–Crippen MR) is 75.7 cm³/mol. The van der Waals surface area contributed by atoms with Crippen molar-refractivity contribution in [1.82, 2.24) is 9.97 Å². The maximum absolute atomic E-state index is 6.20. The van der Waals surface area contributed by atoms with Gasteiger partial charge < -0.3 is 11.1 Å². The SMILES string of the molecule is Cc1cccc(Nc2nc(Cl)nc(C)c2N)c1Cl. The molecule has 4 nitrogen and oxygen atoms in total. The summed E-state index contributed by atoms with van der Waals surface area (Å²) in [6.45, 7) is 3.70. The molecule has 0 radical (unpaired) electrons. The fourth-order valence-corrected chi connectivity index (χ4v) is 1.90. The normalized spacial score (nSPS) is 10.4. The number of hydrogen-bond donors (Lipinski definition) is 2. The van der Waals surface area contributed by atoms with E-state index in [4.69, 9.17) is 28.9 Å². The number of nitrogen functional groups attached to an aromatic ring is 1. The zero-order chi connectivity index (χ0) is 13.3. The van der Waals surface area contributed by atoms with E-state index in [9.17, 15) is 0 Å². The van der Waals surface area contributed by atoms with Crippen LogP contribution in [-0.4, -0.2) is 9.97 Å². The van der Waals surface area contributed by atoms with Gasteiger partial charge in [-0.15, -0.1) is 0 Å². The van der Waals surface area contributed by atoms with Crippen molar-refractivity contribution >= 4 is 40.4 Å². The molecule has 0 bridgehead atoms. The molecule has 94 valence electrons. The number of nitrogens with zero attached hydrogens (tertiary/aromatic N) is 2. The third-order valence-electron chi connectivity index (χ3n) is 2.55. The molecule has 6 heteroatoms. The molecule has 0 spiro atoms. The summed E-state index contributed by atoms with van der Waals surface area (Å²) in [5.41, 5.74) is 8.68. The topological polar surface area (TPSA) is 63.8 Å². The third kappa shape index (κ3) is 2.49. The Morgan fingerprint density at radius 2 is 1.89 bits per heavy atom. The van der Waals surface area contributed by atoms with E-state index in [1.54, 1.807) is 6.92 Å². The van der Waals surface area contributed by atoms with Crippen molar-refractivity contribution in [2.75, 3.05) is 11.1 Å². The first-order chi connectivity index (χ1) is 8.49. The van der Waals surface area contributed by atoms with Crippen LogP contribution in [0.15, 0.2) is 18.2 Å². The molecule has 0 saturated heterocycles. The molecule has 0 aliphatic rings. The zero-order valence-corrected chi connectivity index (χ0v) is 11.5. The number of halogens is 2. The predicted octanol–water partition coefficient (Wildman–Crippen LogP) is 3.73. The second-order valence-electron chi connectivity index (χ2n) is 3.90. The number of aryl methyl sites for hydroxylation is 2. The molecule has 3 N–H and O–H groups in total. The van der Waals surface area contributed by atoms with Crippen molar-refractivity contribution in [1.29, 1.82) is 0 Å². The lowest BCUT2D eigenvalue weighted by molar-refractivity contribution is 1.11. The van der Waals surface area contributed by atoms with Gasteiger partial charge in [-0.1, -0.05) is 23.7 Å². The standard InChI is InChI=1S/C12H12Cl2N4/c1-6-4-3-5-8(9(6)13)17-11-10(15)7(2)16-12(14)18-11/h3-5H,15H2,1-2H3,(H,16,17,18). The average molecular weight is 283 g/mol. The quantitative estimate of drug-likeness (QED) is 0.824. The Balaban J connectivity index is 2.43. The molecule has 1 aromatic heterocycles. The summed E-state index contributed by atoms with van der Waals surface area (Å²) in [6, 6.07) is 5.67. The van der Waals surface area contributed by atoms with E-state index in [2.05, 4.69) is 15.3 Å². The molecular weight excluding hydrogens is 271 g/mol. The number of nitrogens with two attached hydrogens (primary N) is 1. The summed E-state index contributed by atoms with van der Waals surface area (Å²) in [5, 5.41) is 3.85. The van der Waals surface area contributed by atoms with Crippen molar-refractivity contribution in [3.05, 3.63) is 39.8 Å². The summed E-state index contributed by atoms with van der Waals surface area (Å²) >= 11 is 12.0. The Kier molecular flexibility index (Phi) is 3.59. The Morgan fingerprint density at radius 1 is 1.17 bits per heavy atom. The molecule has 2 rings (SSSR count). The van der Waals surface area contributed by atoms with Crippen LogP contribution in [0.3, 0.4) is 0 Å². The Bertz CT molecular complexity index is 599. The van der Waals surface area contributed by atoms with Gasteiger partial charge in [0.15, 0.2) is 5.82 Å². The van der Waals surface area contributed by atoms with Gasteiger partial charge in [0.1, 0.15) is 0 Å². The molecule has 18 heavy (non-hydrogen) atoms. The first-order valence-corrected chi connectivity index (χ1v) is 6.06. The van der Waals surface area contributed by atoms with Crippen LogP contribution in [0, 0.1) is 13.8 Å². The Hall–Kier alpha value is -1.52. The molecular formula is C12H12Cl2N4. The lowest BCUT2D eigenvalue weighted by Crippen LogP contribution is -2.04.